The van der Waals surface area contributed by atoms with Crippen LogP contribution >= 0.6 is 0 Å². The highest BCUT2D eigenvalue weighted by atomic mass is 16.1. The predicted molar refractivity (Wildman–Crippen MR) is 85.5 cm³/mol. The van der Waals surface area contributed by atoms with Crippen molar-refractivity contribution >= 4 is 5.78 Å². The second-order valence-electron chi connectivity index (χ2n) is 5.56. The van der Waals surface area contributed by atoms with Crippen LogP contribution in [0.4, 0.5) is 0 Å². The van der Waals surface area contributed by atoms with Gasteiger partial charge in [-0.2, -0.15) is 0 Å². The molecule has 19 heavy (non-hydrogen) atoms. The van der Waals surface area contributed by atoms with Gasteiger partial charge in [0.25, 0.3) is 0 Å². The van der Waals surface area contributed by atoms with Gasteiger partial charge in [0.1, 0.15) is 5.78 Å². The minimum absolute atomic E-state index is 0.456. The maximum atomic E-state index is 11.3. The molecule has 0 rings (SSSR count). The fourth-order valence-corrected chi connectivity index (χ4v) is 2.27. The van der Waals surface area contributed by atoms with Gasteiger partial charge in [-0.3, -0.25) is 4.79 Å². The molecular formula is C18H34O. The topological polar surface area (TPSA) is 17.1 Å². The molecule has 0 aliphatic carbocycles. The number of hydrogen-bond acceptors (Lipinski definition) is 1. The van der Waals surface area contributed by atoms with E-state index in [1.807, 2.05) is 0 Å². The minimum atomic E-state index is 0.456. The van der Waals surface area contributed by atoms with Crippen LogP contribution in [-0.2, 0) is 4.79 Å². The zero-order chi connectivity index (χ0) is 14.2. The van der Waals surface area contributed by atoms with Gasteiger partial charge in [0, 0.05) is 12.8 Å². The summed E-state index contributed by atoms with van der Waals surface area (Å²) in [5, 5.41) is 0. The first-order valence-electron chi connectivity index (χ1n) is 8.48. The molecular weight excluding hydrogens is 232 g/mol. The van der Waals surface area contributed by atoms with Crippen molar-refractivity contribution in [1.82, 2.24) is 0 Å². The normalized spacial score (nSPS) is 11.3. The lowest BCUT2D eigenvalue weighted by Gasteiger charge is -2.00. The van der Waals surface area contributed by atoms with Crippen molar-refractivity contribution in [3.8, 4) is 0 Å². The van der Waals surface area contributed by atoms with Crippen molar-refractivity contribution in [3.05, 3.63) is 12.2 Å². The average molecular weight is 266 g/mol. The first-order chi connectivity index (χ1) is 9.31. The van der Waals surface area contributed by atoms with Crippen molar-refractivity contribution in [2.75, 3.05) is 0 Å². The Kier molecular flexibility index (Phi) is 15.0. The molecule has 0 aromatic carbocycles. The van der Waals surface area contributed by atoms with Crippen LogP contribution < -0.4 is 0 Å². The lowest BCUT2D eigenvalue weighted by Crippen LogP contribution is -1.96. The summed E-state index contributed by atoms with van der Waals surface area (Å²) in [5.74, 6) is 0.456. The SMILES string of the molecule is CCCCC/C=C\CCCCCCCC(=O)CCC. The van der Waals surface area contributed by atoms with E-state index in [1.54, 1.807) is 0 Å². The molecule has 0 amide bonds. The van der Waals surface area contributed by atoms with Gasteiger partial charge in [0.05, 0.1) is 0 Å². The summed E-state index contributed by atoms with van der Waals surface area (Å²) in [6, 6.07) is 0. The van der Waals surface area contributed by atoms with Crippen LogP contribution in [-0.4, -0.2) is 5.78 Å². The summed E-state index contributed by atoms with van der Waals surface area (Å²) in [4.78, 5) is 11.3. The molecule has 0 heterocycles. The maximum absolute atomic E-state index is 11.3. The lowest BCUT2D eigenvalue weighted by molar-refractivity contribution is -0.119. The van der Waals surface area contributed by atoms with Gasteiger partial charge in [-0.1, -0.05) is 58.1 Å². The monoisotopic (exact) mass is 266 g/mol. The standard InChI is InChI=1S/C18H34O/c1-3-5-6-7-8-9-10-11-12-13-14-15-17-18(19)16-4-2/h8-9H,3-7,10-17H2,1-2H3/b9-8-. The Morgan fingerprint density at radius 2 is 1.26 bits per heavy atom. The minimum Gasteiger partial charge on any atom is -0.300 e. The van der Waals surface area contributed by atoms with E-state index in [0.717, 1.165) is 25.7 Å². The number of ketones is 1. The van der Waals surface area contributed by atoms with Crippen LogP contribution in [0.3, 0.4) is 0 Å². The molecule has 0 aromatic heterocycles. The Labute approximate surface area is 120 Å². The summed E-state index contributed by atoms with van der Waals surface area (Å²) in [6.45, 7) is 4.33. The molecule has 0 N–H and O–H groups in total. The number of allylic oxidation sites excluding steroid dienone is 2. The summed E-state index contributed by atoms with van der Waals surface area (Å²) in [5.41, 5.74) is 0. The molecule has 0 spiro atoms. The fraction of sp³-hybridized carbons (Fsp3) is 0.833. The first kappa shape index (κ1) is 18.4. The molecule has 1 heteroatoms. The molecule has 112 valence electrons. The van der Waals surface area contributed by atoms with E-state index in [9.17, 15) is 4.79 Å². The molecule has 0 unspecified atom stereocenters. The van der Waals surface area contributed by atoms with Gasteiger partial charge in [-0.15, -0.1) is 0 Å². The van der Waals surface area contributed by atoms with Crippen LogP contribution in [0.2, 0.25) is 0 Å². The summed E-state index contributed by atoms with van der Waals surface area (Å²) in [7, 11) is 0. The van der Waals surface area contributed by atoms with Crippen molar-refractivity contribution in [2.45, 2.75) is 97.3 Å². The second-order valence-corrected chi connectivity index (χ2v) is 5.56. The Morgan fingerprint density at radius 1 is 0.684 bits per heavy atom. The smallest absolute Gasteiger partial charge is 0.132 e. The van der Waals surface area contributed by atoms with Crippen LogP contribution in [0.5, 0.6) is 0 Å². The van der Waals surface area contributed by atoms with E-state index in [-0.39, 0.29) is 0 Å². The van der Waals surface area contributed by atoms with Gasteiger partial charge < -0.3 is 0 Å². The van der Waals surface area contributed by atoms with Crippen LogP contribution in [0.25, 0.3) is 0 Å². The van der Waals surface area contributed by atoms with E-state index >= 15 is 0 Å². The van der Waals surface area contributed by atoms with Crippen molar-refractivity contribution in [2.24, 2.45) is 0 Å². The number of unbranched alkanes of at least 4 members (excludes halogenated alkanes) is 8. The molecule has 0 fully saturated rings. The molecule has 0 atom stereocenters. The summed E-state index contributed by atoms with van der Waals surface area (Å²) < 4.78 is 0. The Hall–Kier alpha value is -0.590. The van der Waals surface area contributed by atoms with Gasteiger partial charge in [0.2, 0.25) is 0 Å². The number of hydrogen-bond donors (Lipinski definition) is 0. The van der Waals surface area contributed by atoms with E-state index in [4.69, 9.17) is 0 Å². The Morgan fingerprint density at radius 3 is 1.89 bits per heavy atom. The zero-order valence-electron chi connectivity index (χ0n) is 13.3. The molecule has 0 saturated carbocycles. The second kappa shape index (κ2) is 15.5. The number of Topliss-reactive ketones (excluding diaryl/α,β-unsaturated/α-hetero) is 1. The highest BCUT2D eigenvalue weighted by Gasteiger charge is 1.99. The summed E-state index contributed by atoms with van der Waals surface area (Å²) >= 11 is 0. The highest BCUT2D eigenvalue weighted by molar-refractivity contribution is 5.78. The third kappa shape index (κ3) is 15.4. The fourth-order valence-electron chi connectivity index (χ4n) is 2.27. The number of rotatable bonds is 14. The van der Waals surface area contributed by atoms with Crippen molar-refractivity contribution in [3.63, 3.8) is 0 Å². The van der Waals surface area contributed by atoms with Gasteiger partial charge in [-0.25, -0.2) is 0 Å². The molecule has 0 saturated heterocycles. The lowest BCUT2D eigenvalue weighted by atomic mass is 10.1. The molecule has 0 aliphatic heterocycles. The van der Waals surface area contributed by atoms with Gasteiger partial charge in [0.15, 0.2) is 0 Å². The summed E-state index contributed by atoms with van der Waals surface area (Å²) in [6.07, 6.45) is 20.1. The molecule has 1 nitrogen and oxygen atoms in total. The number of carbonyl (C=O) groups excluding carboxylic acids is 1. The highest BCUT2D eigenvalue weighted by Crippen LogP contribution is 2.09. The van der Waals surface area contributed by atoms with Crippen molar-refractivity contribution < 1.29 is 4.79 Å². The largest absolute Gasteiger partial charge is 0.300 e. The van der Waals surface area contributed by atoms with E-state index in [0.29, 0.717) is 5.78 Å². The first-order valence-corrected chi connectivity index (χ1v) is 8.48. The van der Waals surface area contributed by atoms with Crippen LogP contribution in [0.1, 0.15) is 97.3 Å². The van der Waals surface area contributed by atoms with Crippen molar-refractivity contribution in [1.29, 1.82) is 0 Å². The van der Waals surface area contributed by atoms with E-state index < -0.39 is 0 Å². The van der Waals surface area contributed by atoms with Gasteiger partial charge in [-0.05, 0) is 38.5 Å². The molecule has 0 aromatic rings. The van der Waals surface area contributed by atoms with Gasteiger partial charge >= 0.3 is 0 Å². The third-order valence-corrected chi connectivity index (χ3v) is 3.50. The zero-order valence-corrected chi connectivity index (χ0v) is 13.3. The molecule has 0 radical (unpaired) electrons. The maximum Gasteiger partial charge on any atom is 0.132 e. The van der Waals surface area contributed by atoms with E-state index in [1.165, 1.54) is 57.8 Å². The van der Waals surface area contributed by atoms with Crippen LogP contribution in [0, 0.1) is 0 Å². The third-order valence-electron chi connectivity index (χ3n) is 3.50. The molecule has 0 aliphatic rings. The van der Waals surface area contributed by atoms with Crippen LogP contribution in [0.15, 0.2) is 12.2 Å². The number of carbonyl (C=O) groups is 1. The average Bonchev–Trinajstić information content (AvgIpc) is 2.40. The Bertz CT molecular complexity index is 218. The van der Waals surface area contributed by atoms with E-state index in [2.05, 4.69) is 26.0 Å². The molecule has 0 bridgehead atoms. The predicted octanol–water partition coefficient (Wildman–Crippen LogP) is 6.22. The Balaban J connectivity index is 3.12. The quantitative estimate of drug-likeness (QED) is 0.269.